The molecule has 13 heteroatoms. The summed E-state index contributed by atoms with van der Waals surface area (Å²) in [5.41, 5.74) is 0. The van der Waals surface area contributed by atoms with Crippen LogP contribution in [0.1, 0.15) is 25.7 Å². The SMILES string of the molecule is O=C(CCN1C(=O)C=CC1=O)NCCOCCOCCOCCOCCC(=O)OC1C(=O)CCC1=O. The zero-order valence-electron chi connectivity index (χ0n) is 20.1. The fourth-order valence-electron chi connectivity index (χ4n) is 3.14. The molecule has 36 heavy (non-hydrogen) atoms. The van der Waals surface area contributed by atoms with Crippen molar-refractivity contribution in [3.8, 4) is 0 Å². The van der Waals surface area contributed by atoms with Gasteiger partial charge < -0.3 is 29.0 Å². The van der Waals surface area contributed by atoms with E-state index in [9.17, 15) is 28.8 Å². The number of nitrogens with one attached hydrogen (secondary N) is 1. The summed E-state index contributed by atoms with van der Waals surface area (Å²) >= 11 is 0. The molecule has 2 aliphatic rings. The average Bonchev–Trinajstić information content (AvgIpc) is 3.34. The predicted octanol–water partition coefficient (Wildman–Crippen LogP) is -1.28. The third kappa shape index (κ3) is 11.2. The highest BCUT2D eigenvalue weighted by atomic mass is 16.6. The highest BCUT2D eigenvalue weighted by Gasteiger charge is 2.35. The van der Waals surface area contributed by atoms with E-state index in [2.05, 4.69) is 5.32 Å². The lowest BCUT2D eigenvalue weighted by molar-refractivity contribution is -0.158. The van der Waals surface area contributed by atoms with Crippen molar-refractivity contribution in [1.82, 2.24) is 10.2 Å². The average molecular weight is 513 g/mol. The molecular weight excluding hydrogens is 480 g/mol. The van der Waals surface area contributed by atoms with E-state index in [1.54, 1.807) is 0 Å². The molecule has 0 radical (unpaired) electrons. The minimum atomic E-state index is -1.25. The Kier molecular flexibility index (Phi) is 13.5. The normalized spacial score (nSPS) is 15.8. The lowest BCUT2D eigenvalue weighted by Gasteiger charge is -2.13. The summed E-state index contributed by atoms with van der Waals surface area (Å²) < 4.78 is 26.1. The number of carbonyl (C=O) groups is 6. The van der Waals surface area contributed by atoms with E-state index in [0.717, 1.165) is 4.90 Å². The van der Waals surface area contributed by atoms with Gasteiger partial charge in [-0.15, -0.1) is 0 Å². The standard InChI is InChI=1S/C23H32N2O11/c26-17-1-2-18(27)23(17)36-22(31)6-9-32-11-13-34-15-16-35-14-12-33-10-7-24-19(28)5-8-25-20(29)3-4-21(25)30/h3-4,23H,1-2,5-16H2,(H,24,28). The Hall–Kier alpha value is -3.00. The Morgan fingerprint density at radius 3 is 1.81 bits per heavy atom. The van der Waals surface area contributed by atoms with Crippen molar-refractivity contribution in [1.29, 1.82) is 0 Å². The minimum absolute atomic E-state index is 0.0323. The van der Waals surface area contributed by atoms with Crippen LogP contribution in [0.4, 0.5) is 0 Å². The Morgan fingerprint density at radius 1 is 0.750 bits per heavy atom. The molecule has 0 aromatic carbocycles. The maximum absolute atomic E-state index is 11.7. The van der Waals surface area contributed by atoms with Gasteiger partial charge in [-0.1, -0.05) is 0 Å². The number of ether oxygens (including phenoxy) is 5. The van der Waals surface area contributed by atoms with Gasteiger partial charge in [-0.3, -0.25) is 33.7 Å². The Balaban J connectivity index is 1.29. The summed E-state index contributed by atoms with van der Waals surface area (Å²) in [6, 6.07) is 0. The summed E-state index contributed by atoms with van der Waals surface area (Å²) in [5, 5.41) is 2.64. The van der Waals surface area contributed by atoms with Crippen LogP contribution in [0.3, 0.4) is 0 Å². The molecule has 0 atom stereocenters. The predicted molar refractivity (Wildman–Crippen MR) is 121 cm³/mol. The summed E-state index contributed by atoms with van der Waals surface area (Å²) in [6.45, 7) is 2.73. The minimum Gasteiger partial charge on any atom is -0.446 e. The maximum Gasteiger partial charge on any atom is 0.309 e. The van der Waals surface area contributed by atoms with Gasteiger partial charge in [0.25, 0.3) is 11.8 Å². The van der Waals surface area contributed by atoms with E-state index in [4.69, 9.17) is 23.7 Å². The molecule has 0 spiro atoms. The molecule has 0 aromatic heterocycles. The van der Waals surface area contributed by atoms with Crippen LogP contribution in [0.2, 0.25) is 0 Å². The molecule has 200 valence electrons. The first-order valence-corrected chi connectivity index (χ1v) is 11.7. The highest BCUT2D eigenvalue weighted by Crippen LogP contribution is 2.14. The number of esters is 1. The fraction of sp³-hybridized carbons (Fsp3) is 0.652. The van der Waals surface area contributed by atoms with Crippen molar-refractivity contribution >= 4 is 35.3 Å². The van der Waals surface area contributed by atoms with Gasteiger partial charge in [0, 0.05) is 44.5 Å². The van der Waals surface area contributed by atoms with Crippen LogP contribution in [0, 0.1) is 0 Å². The van der Waals surface area contributed by atoms with E-state index < -0.39 is 23.9 Å². The molecule has 2 rings (SSSR count). The second-order valence-corrected chi connectivity index (χ2v) is 7.76. The molecule has 0 saturated heterocycles. The van der Waals surface area contributed by atoms with E-state index in [0.29, 0.717) is 46.2 Å². The van der Waals surface area contributed by atoms with E-state index in [-0.39, 0.29) is 62.9 Å². The lowest BCUT2D eigenvalue weighted by atomic mass is 10.3. The molecule has 0 unspecified atom stereocenters. The first-order chi connectivity index (χ1) is 17.4. The molecule has 0 bridgehead atoms. The zero-order chi connectivity index (χ0) is 26.2. The largest absolute Gasteiger partial charge is 0.446 e. The molecule has 1 heterocycles. The molecule has 0 aromatic rings. The summed E-state index contributed by atoms with van der Waals surface area (Å²) in [4.78, 5) is 70.0. The number of carbonyl (C=O) groups excluding carboxylic acids is 6. The summed E-state index contributed by atoms with van der Waals surface area (Å²) in [5.74, 6) is -2.47. The molecule has 3 amide bonds. The number of ketones is 2. The van der Waals surface area contributed by atoms with Gasteiger partial charge in [-0.2, -0.15) is 0 Å². The second-order valence-electron chi connectivity index (χ2n) is 7.76. The molecular formula is C23H32N2O11. The van der Waals surface area contributed by atoms with Crippen LogP contribution >= 0.6 is 0 Å². The number of amides is 3. The lowest BCUT2D eigenvalue weighted by Crippen LogP contribution is -2.35. The van der Waals surface area contributed by atoms with E-state index in [1.807, 2.05) is 0 Å². The molecule has 1 aliphatic carbocycles. The van der Waals surface area contributed by atoms with Crippen molar-refractivity contribution in [2.45, 2.75) is 31.8 Å². The molecule has 13 nitrogen and oxygen atoms in total. The Morgan fingerprint density at radius 2 is 1.25 bits per heavy atom. The van der Waals surface area contributed by atoms with Crippen LogP contribution in [-0.4, -0.2) is 112 Å². The van der Waals surface area contributed by atoms with Crippen LogP contribution in [0.25, 0.3) is 0 Å². The number of Topliss-reactive ketones (excluding diaryl/α,β-unsaturated/α-hetero) is 2. The van der Waals surface area contributed by atoms with Crippen molar-refractivity contribution in [2.75, 3.05) is 65.9 Å². The molecule has 1 N–H and O–H groups in total. The van der Waals surface area contributed by atoms with Gasteiger partial charge in [0.15, 0.2) is 11.6 Å². The number of hydrogen-bond acceptors (Lipinski definition) is 11. The van der Waals surface area contributed by atoms with Gasteiger partial charge in [0.2, 0.25) is 12.0 Å². The van der Waals surface area contributed by atoms with Crippen LogP contribution in [0.5, 0.6) is 0 Å². The Bertz CT molecular complexity index is 793. The quantitative estimate of drug-likeness (QED) is 0.0948. The van der Waals surface area contributed by atoms with Crippen LogP contribution in [0.15, 0.2) is 12.2 Å². The third-order valence-electron chi connectivity index (χ3n) is 5.05. The van der Waals surface area contributed by atoms with Crippen LogP contribution < -0.4 is 5.32 Å². The second kappa shape index (κ2) is 16.6. The third-order valence-corrected chi connectivity index (χ3v) is 5.05. The molecule has 1 fully saturated rings. The Labute approximate surface area is 208 Å². The monoisotopic (exact) mass is 512 g/mol. The number of hydrogen-bond donors (Lipinski definition) is 1. The van der Waals surface area contributed by atoms with Crippen molar-refractivity contribution < 1.29 is 52.5 Å². The van der Waals surface area contributed by atoms with E-state index in [1.165, 1.54) is 12.2 Å². The van der Waals surface area contributed by atoms with Crippen molar-refractivity contribution in [3.05, 3.63) is 12.2 Å². The van der Waals surface area contributed by atoms with Crippen molar-refractivity contribution in [2.24, 2.45) is 0 Å². The number of rotatable bonds is 19. The first-order valence-electron chi connectivity index (χ1n) is 11.7. The number of imide groups is 1. The van der Waals surface area contributed by atoms with Gasteiger partial charge in [0.1, 0.15) is 0 Å². The zero-order valence-corrected chi connectivity index (χ0v) is 20.1. The topological polar surface area (TPSA) is 164 Å². The van der Waals surface area contributed by atoms with Gasteiger partial charge in [0.05, 0.1) is 59.3 Å². The molecule has 1 saturated carbocycles. The maximum atomic E-state index is 11.7. The van der Waals surface area contributed by atoms with E-state index >= 15 is 0 Å². The summed E-state index contributed by atoms with van der Waals surface area (Å²) in [6.07, 6.45) is 1.33. The first kappa shape index (κ1) is 29.2. The highest BCUT2D eigenvalue weighted by molar-refractivity contribution is 6.13. The molecule has 1 aliphatic heterocycles. The van der Waals surface area contributed by atoms with Gasteiger partial charge in [-0.05, 0) is 0 Å². The summed E-state index contributed by atoms with van der Waals surface area (Å²) in [7, 11) is 0. The van der Waals surface area contributed by atoms with Crippen LogP contribution in [-0.2, 0) is 52.5 Å². The fourth-order valence-corrected chi connectivity index (χ4v) is 3.14. The van der Waals surface area contributed by atoms with Gasteiger partial charge >= 0.3 is 5.97 Å². The number of nitrogens with zero attached hydrogens (tertiary/aromatic N) is 1. The smallest absolute Gasteiger partial charge is 0.309 e. The van der Waals surface area contributed by atoms with Crippen molar-refractivity contribution in [3.63, 3.8) is 0 Å². The van der Waals surface area contributed by atoms with Gasteiger partial charge in [-0.25, -0.2) is 0 Å².